The summed E-state index contributed by atoms with van der Waals surface area (Å²) in [4.78, 5) is 0. The van der Waals surface area contributed by atoms with Crippen molar-refractivity contribution in [2.24, 2.45) is 0 Å². The van der Waals surface area contributed by atoms with Gasteiger partial charge < -0.3 is 9.73 Å². The van der Waals surface area contributed by atoms with Crippen molar-refractivity contribution in [3.63, 3.8) is 0 Å². The Kier molecular flexibility index (Phi) is 4.52. The molecule has 0 unspecified atom stereocenters. The van der Waals surface area contributed by atoms with Crippen molar-refractivity contribution < 1.29 is 4.42 Å². The zero-order valence-electron chi connectivity index (χ0n) is 11.2. The van der Waals surface area contributed by atoms with Crippen molar-refractivity contribution in [1.82, 2.24) is 10.2 Å². The van der Waals surface area contributed by atoms with Crippen LogP contribution in [0.1, 0.15) is 5.89 Å². The van der Waals surface area contributed by atoms with Crippen LogP contribution in [0.25, 0.3) is 11.5 Å². The standard InChI is InChI=1S/C15H10Cl3N3O/c16-10-3-1-2-9(6-10)15-21-20-14(22-15)8-19-11-4-5-12(17)13(18)7-11/h1-7,19H,8H2. The summed E-state index contributed by atoms with van der Waals surface area (Å²) < 4.78 is 5.60. The van der Waals surface area contributed by atoms with Gasteiger partial charge >= 0.3 is 0 Å². The smallest absolute Gasteiger partial charge is 0.247 e. The van der Waals surface area contributed by atoms with Crippen LogP contribution in [-0.4, -0.2) is 10.2 Å². The Balaban J connectivity index is 1.70. The molecule has 2 aromatic carbocycles. The first kappa shape index (κ1) is 15.2. The van der Waals surface area contributed by atoms with E-state index in [2.05, 4.69) is 15.5 Å². The maximum atomic E-state index is 5.96. The summed E-state index contributed by atoms with van der Waals surface area (Å²) in [6.45, 7) is 0.380. The van der Waals surface area contributed by atoms with Crippen LogP contribution in [-0.2, 0) is 6.54 Å². The van der Waals surface area contributed by atoms with Crippen molar-refractivity contribution in [3.8, 4) is 11.5 Å². The Bertz CT molecular complexity index is 804. The lowest BCUT2D eigenvalue weighted by Gasteiger charge is -2.04. The minimum absolute atomic E-state index is 0.380. The van der Waals surface area contributed by atoms with Gasteiger partial charge in [0.15, 0.2) is 0 Å². The number of anilines is 1. The van der Waals surface area contributed by atoms with Gasteiger partial charge in [0, 0.05) is 16.3 Å². The normalized spacial score (nSPS) is 10.7. The third-order valence-electron chi connectivity index (χ3n) is 2.90. The van der Waals surface area contributed by atoms with Crippen LogP contribution in [0.5, 0.6) is 0 Å². The number of aromatic nitrogens is 2. The molecule has 0 fully saturated rings. The topological polar surface area (TPSA) is 51.0 Å². The second-order valence-corrected chi connectivity index (χ2v) is 5.74. The lowest BCUT2D eigenvalue weighted by Crippen LogP contribution is -1.99. The zero-order valence-corrected chi connectivity index (χ0v) is 13.5. The van der Waals surface area contributed by atoms with Gasteiger partial charge in [-0.3, -0.25) is 0 Å². The zero-order chi connectivity index (χ0) is 15.5. The average Bonchev–Trinajstić information content (AvgIpc) is 2.97. The SMILES string of the molecule is Clc1cccc(-c2nnc(CNc3ccc(Cl)c(Cl)c3)o2)c1. The molecule has 7 heteroatoms. The summed E-state index contributed by atoms with van der Waals surface area (Å²) in [5.74, 6) is 0.884. The van der Waals surface area contributed by atoms with Gasteiger partial charge in [0.25, 0.3) is 0 Å². The molecule has 1 aromatic heterocycles. The molecule has 0 amide bonds. The highest BCUT2D eigenvalue weighted by atomic mass is 35.5. The van der Waals surface area contributed by atoms with E-state index in [-0.39, 0.29) is 0 Å². The van der Waals surface area contributed by atoms with E-state index in [9.17, 15) is 0 Å². The van der Waals surface area contributed by atoms with Gasteiger partial charge in [-0.1, -0.05) is 40.9 Å². The maximum Gasteiger partial charge on any atom is 0.247 e. The molecule has 22 heavy (non-hydrogen) atoms. The summed E-state index contributed by atoms with van der Waals surface area (Å²) in [5, 5.41) is 12.8. The average molecular weight is 355 g/mol. The Morgan fingerprint density at radius 1 is 0.955 bits per heavy atom. The van der Waals surface area contributed by atoms with Crippen LogP contribution in [0.3, 0.4) is 0 Å². The number of benzene rings is 2. The van der Waals surface area contributed by atoms with Crippen LogP contribution in [0.15, 0.2) is 46.9 Å². The number of hydrogen-bond donors (Lipinski definition) is 1. The van der Waals surface area contributed by atoms with E-state index in [1.165, 1.54) is 0 Å². The van der Waals surface area contributed by atoms with Crippen molar-refractivity contribution in [2.75, 3.05) is 5.32 Å². The molecule has 3 aromatic rings. The van der Waals surface area contributed by atoms with E-state index in [0.717, 1.165) is 11.3 Å². The molecular formula is C15H10Cl3N3O. The predicted molar refractivity (Wildman–Crippen MR) is 88.5 cm³/mol. The van der Waals surface area contributed by atoms with Crippen LogP contribution in [0.2, 0.25) is 15.1 Å². The molecule has 0 bridgehead atoms. The van der Waals surface area contributed by atoms with E-state index < -0.39 is 0 Å². The molecular weight excluding hydrogens is 345 g/mol. The van der Waals surface area contributed by atoms with Gasteiger partial charge in [0.05, 0.1) is 16.6 Å². The molecule has 1 N–H and O–H groups in total. The molecule has 112 valence electrons. The van der Waals surface area contributed by atoms with E-state index >= 15 is 0 Å². The fraction of sp³-hybridized carbons (Fsp3) is 0.0667. The Morgan fingerprint density at radius 2 is 1.82 bits per heavy atom. The fourth-order valence-corrected chi connectivity index (χ4v) is 2.34. The maximum absolute atomic E-state index is 5.96. The number of halogens is 3. The van der Waals surface area contributed by atoms with E-state index in [4.69, 9.17) is 39.2 Å². The molecule has 0 atom stereocenters. The van der Waals surface area contributed by atoms with Gasteiger partial charge in [-0.2, -0.15) is 0 Å². The Hall–Kier alpha value is -1.75. The molecule has 0 saturated carbocycles. The molecule has 1 heterocycles. The van der Waals surface area contributed by atoms with Crippen molar-refractivity contribution in [2.45, 2.75) is 6.54 Å². The van der Waals surface area contributed by atoms with Gasteiger partial charge in [-0.15, -0.1) is 10.2 Å². The highest BCUT2D eigenvalue weighted by Gasteiger charge is 2.09. The number of hydrogen-bond acceptors (Lipinski definition) is 4. The first-order valence-corrected chi connectivity index (χ1v) is 7.52. The summed E-state index contributed by atoms with van der Waals surface area (Å²) in [6.07, 6.45) is 0. The van der Waals surface area contributed by atoms with Crippen molar-refractivity contribution in [1.29, 1.82) is 0 Å². The van der Waals surface area contributed by atoms with Gasteiger partial charge in [-0.25, -0.2) is 0 Å². The van der Waals surface area contributed by atoms with Crippen LogP contribution in [0, 0.1) is 0 Å². The second kappa shape index (κ2) is 6.57. The molecule has 0 spiro atoms. The van der Waals surface area contributed by atoms with Crippen molar-refractivity contribution in [3.05, 3.63) is 63.4 Å². The van der Waals surface area contributed by atoms with Crippen molar-refractivity contribution >= 4 is 40.5 Å². The second-order valence-electron chi connectivity index (χ2n) is 4.49. The summed E-state index contributed by atoms with van der Waals surface area (Å²) in [5.41, 5.74) is 1.60. The van der Waals surface area contributed by atoms with E-state index in [1.807, 2.05) is 18.2 Å². The Labute approximate surface area is 142 Å². The lowest BCUT2D eigenvalue weighted by atomic mass is 10.2. The molecule has 0 radical (unpaired) electrons. The van der Waals surface area contributed by atoms with Crippen LogP contribution in [0.4, 0.5) is 5.69 Å². The molecule has 3 rings (SSSR count). The Morgan fingerprint density at radius 3 is 2.59 bits per heavy atom. The molecule has 0 aliphatic heterocycles. The van der Waals surface area contributed by atoms with E-state index in [1.54, 1.807) is 24.3 Å². The van der Waals surface area contributed by atoms with Gasteiger partial charge in [-0.05, 0) is 36.4 Å². The minimum atomic E-state index is 0.380. The minimum Gasteiger partial charge on any atom is -0.419 e. The number of rotatable bonds is 4. The highest BCUT2D eigenvalue weighted by Crippen LogP contribution is 2.25. The first-order chi connectivity index (χ1) is 10.6. The fourth-order valence-electron chi connectivity index (χ4n) is 1.85. The van der Waals surface area contributed by atoms with E-state index in [0.29, 0.717) is 33.4 Å². The summed E-state index contributed by atoms with van der Waals surface area (Å²) in [7, 11) is 0. The number of nitrogens with one attached hydrogen (secondary N) is 1. The summed E-state index contributed by atoms with van der Waals surface area (Å²) in [6, 6.07) is 12.5. The largest absolute Gasteiger partial charge is 0.419 e. The van der Waals surface area contributed by atoms with Crippen LogP contribution >= 0.6 is 34.8 Å². The highest BCUT2D eigenvalue weighted by molar-refractivity contribution is 6.42. The molecule has 0 aliphatic carbocycles. The van der Waals surface area contributed by atoms with Gasteiger partial charge in [0.1, 0.15) is 0 Å². The molecule has 0 saturated heterocycles. The molecule has 0 aliphatic rings. The molecule has 4 nitrogen and oxygen atoms in total. The number of nitrogens with zero attached hydrogens (tertiary/aromatic N) is 2. The predicted octanol–water partition coefficient (Wildman–Crippen LogP) is 5.31. The third kappa shape index (κ3) is 3.53. The monoisotopic (exact) mass is 353 g/mol. The summed E-state index contributed by atoms with van der Waals surface area (Å²) >= 11 is 17.8. The lowest BCUT2D eigenvalue weighted by molar-refractivity contribution is 0.515. The van der Waals surface area contributed by atoms with Crippen LogP contribution < -0.4 is 5.32 Å². The van der Waals surface area contributed by atoms with Gasteiger partial charge in [0.2, 0.25) is 11.8 Å². The third-order valence-corrected chi connectivity index (χ3v) is 3.88. The first-order valence-electron chi connectivity index (χ1n) is 6.39. The quantitative estimate of drug-likeness (QED) is 0.690.